The Morgan fingerprint density at radius 1 is 1.05 bits per heavy atom. The first-order valence-electron chi connectivity index (χ1n) is 12.9. The van der Waals surface area contributed by atoms with Crippen molar-refractivity contribution >= 4 is 28.5 Å². The van der Waals surface area contributed by atoms with Crippen LogP contribution < -0.4 is 15.1 Å². The maximum atomic E-state index is 12.7. The molecule has 0 atom stereocenters. The molecular formula is C29H27F3N6O2S. The van der Waals surface area contributed by atoms with Gasteiger partial charge in [-0.25, -0.2) is 9.67 Å². The van der Waals surface area contributed by atoms with Gasteiger partial charge in [-0.2, -0.15) is 5.10 Å². The topological polar surface area (TPSA) is 84.6 Å². The molecule has 5 rings (SSSR count). The molecule has 1 N–H and O–H groups in total. The van der Waals surface area contributed by atoms with Crippen LogP contribution in [0.5, 0.6) is 5.75 Å². The van der Waals surface area contributed by atoms with Gasteiger partial charge in [0.1, 0.15) is 12.1 Å². The average Bonchev–Trinajstić information content (AvgIpc) is 3.56. The molecule has 0 radical (unpaired) electrons. The van der Waals surface area contributed by atoms with E-state index in [0.717, 1.165) is 28.8 Å². The molecule has 1 aliphatic heterocycles. The normalized spacial score (nSPS) is 14.7. The van der Waals surface area contributed by atoms with Crippen LogP contribution >= 0.6 is 11.8 Å². The Kier molecular flexibility index (Phi) is 8.29. The van der Waals surface area contributed by atoms with Crippen LogP contribution in [0.3, 0.4) is 0 Å². The van der Waals surface area contributed by atoms with Crippen molar-refractivity contribution in [3.8, 4) is 22.8 Å². The van der Waals surface area contributed by atoms with Crippen LogP contribution in [-0.4, -0.2) is 38.0 Å². The average molecular weight is 581 g/mol. The van der Waals surface area contributed by atoms with Crippen LogP contribution in [0.25, 0.3) is 17.1 Å². The van der Waals surface area contributed by atoms with E-state index in [0.29, 0.717) is 34.9 Å². The molecule has 1 aliphatic rings. The van der Waals surface area contributed by atoms with Crippen LogP contribution in [0, 0.1) is 5.92 Å². The van der Waals surface area contributed by atoms with Gasteiger partial charge in [-0.15, -0.1) is 18.3 Å². The van der Waals surface area contributed by atoms with Gasteiger partial charge in [-0.3, -0.25) is 9.69 Å². The Balaban J connectivity index is 1.22. The van der Waals surface area contributed by atoms with Crippen LogP contribution in [-0.2, 0) is 17.8 Å². The predicted octanol–water partition coefficient (Wildman–Crippen LogP) is 6.17. The number of alkyl halides is 3. The SMILES string of the molecule is CC(C)Cc1ccccc1N1C(=O)CS/C1=N/NCc1ccc(-c2ncn(-c3ccc(OC(F)(F)F)cc3)n2)cc1. The second-order valence-corrected chi connectivity index (χ2v) is 10.7. The largest absolute Gasteiger partial charge is 0.573 e. The summed E-state index contributed by atoms with van der Waals surface area (Å²) >= 11 is 1.41. The maximum absolute atomic E-state index is 12.7. The number of amides is 1. The number of hydrogen-bond donors (Lipinski definition) is 1. The van der Waals surface area contributed by atoms with Crippen molar-refractivity contribution in [3.63, 3.8) is 0 Å². The van der Waals surface area contributed by atoms with Crippen LogP contribution in [0.1, 0.15) is 25.0 Å². The van der Waals surface area contributed by atoms with Gasteiger partial charge in [0.15, 0.2) is 11.0 Å². The Morgan fingerprint density at radius 3 is 2.49 bits per heavy atom. The highest BCUT2D eigenvalue weighted by Crippen LogP contribution is 2.31. The quantitative estimate of drug-likeness (QED) is 0.238. The Morgan fingerprint density at radius 2 is 1.78 bits per heavy atom. The van der Waals surface area contributed by atoms with Crippen molar-refractivity contribution in [2.75, 3.05) is 10.7 Å². The number of para-hydroxylation sites is 1. The number of rotatable bonds is 9. The number of thioether (sulfide) groups is 1. The van der Waals surface area contributed by atoms with Crippen LogP contribution in [0.15, 0.2) is 84.2 Å². The van der Waals surface area contributed by atoms with Gasteiger partial charge in [0.25, 0.3) is 0 Å². The molecule has 1 fully saturated rings. The molecule has 4 aromatic rings. The predicted molar refractivity (Wildman–Crippen MR) is 153 cm³/mol. The Bertz CT molecular complexity index is 1540. The number of aromatic nitrogens is 3. The molecule has 1 saturated heterocycles. The fourth-order valence-corrected chi connectivity index (χ4v) is 5.15. The number of carbonyl (C=O) groups excluding carboxylic acids is 1. The zero-order valence-corrected chi connectivity index (χ0v) is 23.1. The summed E-state index contributed by atoms with van der Waals surface area (Å²) in [7, 11) is 0. The van der Waals surface area contributed by atoms with Crippen molar-refractivity contribution in [2.24, 2.45) is 11.0 Å². The number of amidine groups is 1. The molecule has 0 unspecified atom stereocenters. The van der Waals surface area contributed by atoms with E-state index in [-0.39, 0.29) is 11.7 Å². The van der Waals surface area contributed by atoms with Crippen molar-refractivity contribution < 1.29 is 22.7 Å². The third-order valence-corrected chi connectivity index (χ3v) is 7.05. The van der Waals surface area contributed by atoms with E-state index in [9.17, 15) is 18.0 Å². The van der Waals surface area contributed by atoms with E-state index in [4.69, 9.17) is 0 Å². The number of benzene rings is 3. The monoisotopic (exact) mass is 580 g/mol. The standard InChI is InChI=1S/C29H27F3N6O2S/c1-19(2)15-22-5-3-4-6-25(22)38-26(39)17-41-28(38)35-34-16-20-7-9-21(10-8-20)27-33-18-37(36-27)23-11-13-24(14-12-23)40-29(30,31)32/h3-14,18-19,34H,15-17H2,1-2H3/b35-28+. The van der Waals surface area contributed by atoms with Gasteiger partial charge in [0.2, 0.25) is 5.91 Å². The summed E-state index contributed by atoms with van der Waals surface area (Å²) < 4.78 is 42.6. The first-order valence-corrected chi connectivity index (χ1v) is 13.9. The van der Waals surface area contributed by atoms with Crippen LogP contribution in [0.4, 0.5) is 18.9 Å². The van der Waals surface area contributed by atoms with Crippen molar-refractivity contribution in [1.82, 2.24) is 20.2 Å². The van der Waals surface area contributed by atoms with E-state index < -0.39 is 6.36 Å². The third-order valence-electron chi connectivity index (χ3n) is 6.12. The number of hydrazone groups is 1. The number of nitrogens with one attached hydrogen (secondary N) is 1. The van der Waals surface area contributed by atoms with Gasteiger partial charge >= 0.3 is 6.36 Å². The Hall–Kier alpha value is -4.32. The number of hydrogen-bond acceptors (Lipinski definition) is 7. The lowest BCUT2D eigenvalue weighted by molar-refractivity contribution is -0.274. The van der Waals surface area contributed by atoms with Gasteiger partial charge in [-0.1, -0.05) is 68.1 Å². The molecule has 1 aromatic heterocycles. The molecular weight excluding hydrogens is 553 g/mol. The fourth-order valence-electron chi connectivity index (χ4n) is 4.31. The lowest BCUT2D eigenvalue weighted by atomic mass is 10.0. The summed E-state index contributed by atoms with van der Waals surface area (Å²) in [4.78, 5) is 18.7. The maximum Gasteiger partial charge on any atom is 0.573 e. The summed E-state index contributed by atoms with van der Waals surface area (Å²) in [6, 6.07) is 20.9. The molecule has 1 amide bonds. The molecule has 0 bridgehead atoms. The molecule has 0 saturated carbocycles. The summed E-state index contributed by atoms with van der Waals surface area (Å²) in [6.45, 7) is 4.76. The summed E-state index contributed by atoms with van der Waals surface area (Å²) in [5, 5.41) is 9.58. The fraction of sp³-hybridized carbons (Fsp3) is 0.241. The zero-order chi connectivity index (χ0) is 29.0. The lowest BCUT2D eigenvalue weighted by Gasteiger charge is -2.20. The van der Waals surface area contributed by atoms with Crippen LogP contribution in [0.2, 0.25) is 0 Å². The second kappa shape index (κ2) is 12.0. The smallest absolute Gasteiger partial charge is 0.406 e. The molecule has 3 aromatic carbocycles. The van der Waals surface area contributed by atoms with Gasteiger partial charge < -0.3 is 10.2 Å². The highest BCUT2D eigenvalue weighted by atomic mass is 32.2. The molecule has 0 aliphatic carbocycles. The first kappa shape index (κ1) is 28.2. The highest BCUT2D eigenvalue weighted by Gasteiger charge is 2.32. The number of ether oxygens (including phenoxy) is 1. The minimum atomic E-state index is -4.75. The zero-order valence-electron chi connectivity index (χ0n) is 22.3. The van der Waals surface area contributed by atoms with E-state index in [1.807, 2.05) is 42.5 Å². The number of anilines is 1. The molecule has 212 valence electrons. The number of carbonyl (C=O) groups is 1. The molecule has 41 heavy (non-hydrogen) atoms. The summed E-state index contributed by atoms with van der Waals surface area (Å²) in [6.07, 6.45) is -2.38. The Labute approximate surface area is 239 Å². The molecule has 2 heterocycles. The minimum absolute atomic E-state index is 0.00799. The minimum Gasteiger partial charge on any atom is -0.406 e. The highest BCUT2D eigenvalue weighted by molar-refractivity contribution is 8.15. The van der Waals surface area contributed by atoms with Gasteiger partial charge in [0.05, 0.1) is 23.7 Å². The van der Waals surface area contributed by atoms with E-state index in [1.54, 1.807) is 4.90 Å². The van der Waals surface area contributed by atoms with Crippen molar-refractivity contribution in [2.45, 2.75) is 33.2 Å². The molecule has 0 spiro atoms. The van der Waals surface area contributed by atoms with E-state index in [1.165, 1.54) is 47.0 Å². The van der Waals surface area contributed by atoms with E-state index >= 15 is 0 Å². The molecule has 8 nitrogen and oxygen atoms in total. The lowest BCUT2D eigenvalue weighted by Crippen LogP contribution is -2.31. The summed E-state index contributed by atoms with van der Waals surface area (Å²) in [5.41, 5.74) is 7.37. The number of nitrogens with zero attached hydrogens (tertiary/aromatic N) is 5. The van der Waals surface area contributed by atoms with Gasteiger partial charge in [0, 0.05) is 5.56 Å². The van der Waals surface area contributed by atoms with Crippen molar-refractivity contribution in [1.29, 1.82) is 0 Å². The second-order valence-electron chi connectivity index (χ2n) is 9.73. The van der Waals surface area contributed by atoms with Gasteiger partial charge in [-0.05, 0) is 53.8 Å². The third kappa shape index (κ3) is 7.07. The number of halogens is 3. The molecule has 12 heteroatoms. The summed E-state index contributed by atoms with van der Waals surface area (Å²) in [5.74, 6) is 0.972. The van der Waals surface area contributed by atoms with E-state index in [2.05, 4.69) is 45.3 Å². The first-order chi connectivity index (χ1) is 19.7. The van der Waals surface area contributed by atoms with Crippen molar-refractivity contribution in [3.05, 3.63) is 90.3 Å².